The molecular formula is C17H18F3N3. The van der Waals surface area contributed by atoms with Crippen LogP contribution in [0.15, 0.2) is 42.5 Å². The highest BCUT2D eigenvalue weighted by molar-refractivity contribution is 6.04. The van der Waals surface area contributed by atoms with E-state index in [4.69, 9.17) is 11.1 Å². The maximum Gasteiger partial charge on any atom is 0.418 e. The van der Waals surface area contributed by atoms with Crippen molar-refractivity contribution >= 4 is 22.8 Å². The molecule has 0 aliphatic carbocycles. The second-order valence-electron chi connectivity index (χ2n) is 5.54. The molecule has 6 heteroatoms. The van der Waals surface area contributed by atoms with E-state index in [0.717, 1.165) is 6.07 Å². The molecule has 23 heavy (non-hydrogen) atoms. The lowest BCUT2D eigenvalue weighted by Gasteiger charge is -2.16. The van der Waals surface area contributed by atoms with Crippen LogP contribution in [0.5, 0.6) is 0 Å². The third-order valence-corrected chi connectivity index (χ3v) is 3.43. The number of alkyl halides is 3. The minimum Gasteiger partial charge on any atom is -0.398 e. The Balaban J connectivity index is 2.33. The van der Waals surface area contributed by atoms with Gasteiger partial charge in [-0.2, -0.15) is 13.2 Å². The number of rotatable bonds is 4. The van der Waals surface area contributed by atoms with E-state index in [9.17, 15) is 13.2 Å². The molecule has 0 heterocycles. The number of anilines is 3. The van der Waals surface area contributed by atoms with Gasteiger partial charge in [0, 0.05) is 22.6 Å². The smallest absolute Gasteiger partial charge is 0.398 e. The second-order valence-corrected chi connectivity index (χ2v) is 5.54. The van der Waals surface area contributed by atoms with Gasteiger partial charge in [0.2, 0.25) is 0 Å². The van der Waals surface area contributed by atoms with Gasteiger partial charge in [-0.3, -0.25) is 0 Å². The minimum absolute atomic E-state index is 0.0158. The van der Waals surface area contributed by atoms with Gasteiger partial charge in [-0.25, -0.2) is 0 Å². The van der Waals surface area contributed by atoms with Gasteiger partial charge in [0.05, 0.1) is 11.3 Å². The topological polar surface area (TPSA) is 61.9 Å². The third kappa shape index (κ3) is 3.83. The Bertz CT molecular complexity index is 721. The van der Waals surface area contributed by atoms with Crippen LogP contribution in [-0.4, -0.2) is 5.71 Å². The first-order valence-corrected chi connectivity index (χ1v) is 7.11. The normalized spacial score (nSPS) is 11.6. The van der Waals surface area contributed by atoms with Gasteiger partial charge in [-0.1, -0.05) is 26.0 Å². The fourth-order valence-electron chi connectivity index (χ4n) is 2.19. The number of nitrogens with two attached hydrogens (primary N) is 1. The number of benzene rings is 2. The van der Waals surface area contributed by atoms with E-state index in [2.05, 4.69) is 5.32 Å². The molecule has 0 aromatic heterocycles. The van der Waals surface area contributed by atoms with E-state index in [1.165, 1.54) is 18.2 Å². The van der Waals surface area contributed by atoms with Crippen LogP contribution >= 0.6 is 0 Å². The van der Waals surface area contributed by atoms with Gasteiger partial charge in [0.1, 0.15) is 0 Å². The molecule has 0 aliphatic rings. The van der Waals surface area contributed by atoms with Crippen molar-refractivity contribution < 1.29 is 13.2 Å². The zero-order valence-corrected chi connectivity index (χ0v) is 12.8. The molecule has 0 bridgehead atoms. The lowest BCUT2D eigenvalue weighted by molar-refractivity contribution is -0.136. The van der Waals surface area contributed by atoms with Crippen LogP contribution in [0.25, 0.3) is 0 Å². The van der Waals surface area contributed by atoms with Crippen molar-refractivity contribution in [3.8, 4) is 0 Å². The Labute approximate surface area is 132 Å². The van der Waals surface area contributed by atoms with E-state index >= 15 is 0 Å². The number of halogens is 3. The molecule has 0 radical (unpaired) electrons. The summed E-state index contributed by atoms with van der Waals surface area (Å²) in [6.45, 7) is 3.76. The van der Waals surface area contributed by atoms with Gasteiger partial charge in [0.25, 0.3) is 0 Å². The van der Waals surface area contributed by atoms with E-state index in [1.807, 2.05) is 13.8 Å². The van der Waals surface area contributed by atoms with Gasteiger partial charge >= 0.3 is 6.18 Å². The molecule has 0 amide bonds. The maximum atomic E-state index is 13.0. The number of para-hydroxylation sites is 1. The first-order valence-electron chi connectivity index (χ1n) is 7.11. The van der Waals surface area contributed by atoms with Crippen LogP contribution < -0.4 is 11.1 Å². The molecule has 4 N–H and O–H groups in total. The predicted molar refractivity (Wildman–Crippen MR) is 87.2 cm³/mol. The van der Waals surface area contributed by atoms with Crippen LogP contribution in [0.4, 0.5) is 30.2 Å². The summed E-state index contributed by atoms with van der Waals surface area (Å²) in [5.41, 5.74) is 6.95. The highest BCUT2D eigenvalue weighted by Crippen LogP contribution is 2.36. The molecule has 0 atom stereocenters. The number of hydrogen-bond donors (Lipinski definition) is 3. The molecule has 2 aromatic carbocycles. The molecule has 2 rings (SSSR count). The van der Waals surface area contributed by atoms with Gasteiger partial charge in [-0.05, 0) is 36.2 Å². The van der Waals surface area contributed by atoms with Crippen molar-refractivity contribution in [3.05, 3.63) is 53.6 Å². The van der Waals surface area contributed by atoms with E-state index in [0.29, 0.717) is 22.6 Å². The van der Waals surface area contributed by atoms with Crippen LogP contribution in [0.3, 0.4) is 0 Å². The van der Waals surface area contributed by atoms with E-state index < -0.39 is 11.7 Å². The summed E-state index contributed by atoms with van der Waals surface area (Å²) in [7, 11) is 0. The van der Waals surface area contributed by atoms with Gasteiger partial charge < -0.3 is 16.5 Å². The summed E-state index contributed by atoms with van der Waals surface area (Å²) in [5.74, 6) is 0.0158. The lowest BCUT2D eigenvalue weighted by atomic mass is 9.98. The molecular weight excluding hydrogens is 303 g/mol. The average Bonchev–Trinajstić information content (AvgIpc) is 2.46. The summed E-state index contributed by atoms with van der Waals surface area (Å²) < 4.78 is 39.0. The Morgan fingerprint density at radius 3 is 2.35 bits per heavy atom. The maximum absolute atomic E-state index is 13.0. The monoisotopic (exact) mass is 321 g/mol. The highest BCUT2D eigenvalue weighted by Gasteiger charge is 2.33. The SMILES string of the molecule is CC(C)C(=N)c1ccc(Nc2ccccc2C(F)(F)F)cc1N. The Hall–Kier alpha value is -2.50. The van der Waals surface area contributed by atoms with Gasteiger partial charge in [0.15, 0.2) is 0 Å². The number of hydrogen-bond acceptors (Lipinski definition) is 3. The molecule has 3 nitrogen and oxygen atoms in total. The summed E-state index contributed by atoms with van der Waals surface area (Å²) in [6, 6.07) is 10.1. The largest absolute Gasteiger partial charge is 0.418 e. The second kappa shape index (κ2) is 6.32. The number of nitrogen functional groups attached to an aromatic ring is 1. The van der Waals surface area contributed by atoms with Crippen molar-refractivity contribution in [2.75, 3.05) is 11.1 Å². The predicted octanol–water partition coefficient (Wildman–Crippen LogP) is 5.06. The fourth-order valence-corrected chi connectivity index (χ4v) is 2.19. The minimum atomic E-state index is -4.44. The summed E-state index contributed by atoms with van der Waals surface area (Å²) in [5, 5.41) is 10.7. The van der Waals surface area contributed by atoms with Crippen LogP contribution in [0.2, 0.25) is 0 Å². The van der Waals surface area contributed by atoms with Crippen molar-refractivity contribution in [1.29, 1.82) is 5.41 Å². The molecule has 0 aliphatic heterocycles. The molecule has 0 unspecified atom stereocenters. The lowest BCUT2D eigenvalue weighted by Crippen LogP contribution is -2.11. The summed E-state index contributed by atoms with van der Waals surface area (Å²) >= 11 is 0. The summed E-state index contributed by atoms with van der Waals surface area (Å²) in [4.78, 5) is 0. The number of nitrogens with one attached hydrogen (secondary N) is 2. The average molecular weight is 321 g/mol. The summed E-state index contributed by atoms with van der Waals surface area (Å²) in [6.07, 6.45) is -4.44. The first-order chi connectivity index (χ1) is 10.7. The van der Waals surface area contributed by atoms with Crippen LogP contribution in [-0.2, 0) is 6.18 Å². The highest BCUT2D eigenvalue weighted by atomic mass is 19.4. The molecule has 0 saturated carbocycles. The van der Waals surface area contributed by atoms with Crippen molar-refractivity contribution in [1.82, 2.24) is 0 Å². The molecule has 0 fully saturated rings. The van der Waals surface area contributed by atoms with Crippen molar-refractivity contribution in [2.45, 2.75) is 20.0 Å². The molecule has 122 valence electrons. The quantitative estimate of drug-likeness (QED) is 0.545. The fraction of sp³-hybridized carbons (Fsp3) is 0.235. The van der Waals surface area contributed by atoms with E-state index in [-0.39, 0.29) is 11.6 Å². The molecule has 2 aromatic rings. The van der Waals surface area contributed by atoms with Crippen molar-refractivity contribution in [2.24, 2.45) is 5.92 Å². The Kier molecular flexibility index (Phi) is 4.63. The van der Waals surface area contributed by atoms with Gasteiger partial charge in [-0.15, -0.1) is 0 Å². The Morgan fingerprint density at radius 2 is 1.78 bits per heavy atom. The zero-order chi connectivity index (χ0) is 17.2. The van der Waals surface area contributed by atoms with E-state index in [1.54, 1.807) is 18.2 Å². The van der Waals surface area contributed by atoms with Crippen LogP contribution in [0, 0.1) is 11.3 Å². The zero-order valence-electron chi connectivity index (χ0n) is 12.8. The standard InChI is InChI=1S/C17H18F3N3/c1-10(2)16(22)12-8-7-11(9-14(12)21)23-15-6-4-3-5-13(15)17(18,19)20/h3-10,22-23H,21H2,1-2H3. The third-order valence-electron chi connectivity index (χ3n) is 3.43. The van der Waals surface area contributed by atoms with Crippen LogP contribution in [0.1, 0.15) is 25.0 Å². The molecule has 0 saturated heterocycles. The van der Waals surface area contributed by atoms with Crippen molar-refractivity contribution in [3.63, 3.8) is 0 Å². The first kappa shape index (κ1) is 16.9. The Morgan fingerprint density at radius 1 is 1.13 bits per heavy atom. The molecule has 0 spiro atoms.